The van der Waals surface area contributed by atoms with Crippen LogP contribution in [0.15, 0.2) is 60.1 Å². The van der Waals surface area contributed by atoms with Gasteiger partial charge in [0.25, 0.3) is 5.91 Å². The van der Waals surface area contributed by atoms with Crippen LogP contribution < -0.4 is 5.32 Å². The van der Waals surface area contributed by atoms with E-state index in [0.717, 1.165) is 12.1 Å². The number of hydrogen-bond donors (Lipinski definition) is 1. The largest absolute Gasteiger partial charge is 0.416 e. The molecule has 3 aromatic rings. The molecular formula is C18H12F4N2OS. The predicted molar refractivity (Wildman–Crippen MR) is 89.3 cm³/mol. The Kier molecular flexibility index (Phi) is 5.03. The molecule has 1 amide bonds. The Morgan fingerprint density at radius 2 is 1.81 bits per heavy atom. The molecule has 1 unspecified atom stereocenters. The Balaban J connectivity index is 1.98. The maximum atomic E-state index is 14.2. The fraction of sp³-hybridized carbons (Fsp3) is 0.111. The minimum atomic E-state index is -4.48. The topological polar surface area (TPSA) is 42.0 Å². The quantitative estimate of drug-likeness (QED) is 0.660. The lowest BCUT2D eigenvalue weighted by atomic mass is 10.0. The number of benzene rings is 1. The molecule has 0 aliphatic heterocycles. The smallest absolute Gasteiger partial charge is 0.339 e. The molecule has 3 rings (SSSR count). The average Bonchev–Trinajstić information content (AvgIpc) is 3.14. The summed E-state index contributed by atoms with van der Waals surface area (Å²) in [7, 11) is 0. The number of amides is 1. The number of nitrogens with one attached hydrogen (secondary N) is 1. The molecule has 0 aliphatic carbocycles. The van der Waals surface area contributed by atoms with Gasteiger partial charge in [-0.3, -0.25) is 9.78 Å². The van der Waals surface area contributed by atoms with Gasteiger partial charge in [0, 0.05) is 6.20 Å². The number of hydrogen-bond acceptors (Lipinski definition) is 3. The maximum Gasteiger partial charge on any atom is 0.416 e. The molecule has 3 nitrogen and oxygen atoms in total. The van der Waals surface area contributed by atoms with Crippen LogP contribution in [-0.4, -0.2) is 10.9 Å². The molecule has 0 radical (unpaired) electrons. The highest BCUT2D eigenvalue weighted by Gasteiger charge is 2.31. The van der Waals surface area contributed by atoms with Gasteiger partial charge < -0.3 is 5.32 Å². The van der Waals surface area contributed by atoms with Crippen LogP contribution >= 0.6 is 11.3 Å². The van der Waals surface area contributed by atoms with Gasteiger partial charge in [-0.2, -0.15) is 13.2 Å². The van der Waals surface area contributed by atoms with Crippen molar-refractivity contribution in [3.05, 3.63) is 87.6 Å². The van der Waals surface area contributed by atoms with E-state index in [4.69, 9.17) is 0 Å². The Labute approximate surface area is 150 Å². The number of halogens is 4. The third kappa shape index (κ3) is 3.91. The molecule has 0 fully saturated rings. The second-order valence-electron chi connectivity index (χ2n) is 5.37. The predicted octanol–water partition coefficient (Wildman–Crippen LogP) is 4.82. The highest BCUT2D eigenvalue weighted by molar-refractivity contribution is 7.12. The van der Waals surface area contributed by atoms with E-state index in [9.17, 15) is 22.4 Å². The van der Waals surface area contributed by atoms with Gasteiger partial charge in [0.15, 0.2) is 0 Å². The van der Waals surface area contributed by atoms with E-state index in [1.165, 1.54) is 41.8 Å². The van der Waals surface area contributed by atoms with E-state index in [-0.39, 0.29) is 5.69 Å². The zero-order chi connectivity index (χ0) is 18.7. The van der Waals surface area contributed by atoms with E-state index < -0.39 is 29.5 Å². The van der Waals surface area contributed by atoms with E-state index in [0.29, 0.717) is 10.4 Å². The first-order valence-corrected chi connectivity index (χ1v) is 8.36. The summed E-state index contributed by atoms with van der Waals surface area (Å²) < 4.78 is 52.5. The van der Waals surface area contributed by atoms with Crippen molar-refractivity contribution in [1.82, 2.24) is 10.3 Å². The number of carbonyl (C=O) groups excluding carboxylic acids is 1. The number of carbonyl (C=O) groups is 1. The van der Waals surface area contributed by atoms with Crippen molar-refractivity contribution in [2.75, 3.05) is 0 Å². The van der Waals surface area contributed by atoms with Crippen molar-refractivity contribution < 1.29 is 22.4 Å². The molecule has 1 atom stereocenters. The van der Waals surface area contributed by atoms with Crippen LogP contribution in [-0.2, 0) is 6.18 Å². The minimum absolute atomic E-state index is 0.0721. The number of thiophene rings is 1. The number of nitrogens with zero attached hydrogens (tertiary/aromatic N) is 1. The first-order chi connectivity index (χ1) is 12.4. The lowest BCUT2D eigenvalue weighted by molar-refractivity contribution is -0.137. The summed E-state index contributed by atoms with van der Waals surface area (Å²) in [5, 5.41) is 4.35. The SMILES string of the molecule is O=C(NC(c1ccc(C(F)(F)F)cc1)c1ncccc1F)c1cccs1. The van der Waals surface area contributed by atoms with Crippen LogP contribution in [0.5, 0.6) is 0 Å². The highest BCUT2D eigenvalue weighted by atomic mass is 32.1. The third-order valence-electron chi connectivity index (χ3n) is 3.65. The fourth-order valence-corrected chi connectivity index (χ4v) is 3.02. The lowest BCUT2D eigenvalue weighted by Gasteiger charge is -2.19. The molecule has 0 saturated heterocycles. The normalized spacial score (nSPS) is 12.6. The molecule has 0 aliphatic rings. The zero-order valence-corrected chi connectivity index (χ0v) is 13.9. The standard InChI is InChI=1S/C18H12F4N2OS/c19-13-3-1-9-23-16(13)15(24-17(25)14-4-2-10-26-14)11-5-7-12(8-6-11)18(20,21)22/h1-10,15H,(H,24,25). The summed E-state index contributed by atoms with van der Waals surface area (Å²) in [6, 6.07) is 9.02. The monoisotopic (exact) mass is 380 g/mol. The van der Waals surface area contributed by atoms with Crippen LogP contribution in [0.25, 0.3) is 0 Å². The van der Waals surface area contributed by atoms with Crippen molar-refractivity contribution >= 4 is 17.2 Å². The molecule has 8 heteroatoms. The van der Waals surface area contributed by atoms with Crippen molar-refractivity contribution in [2.45, 2.75) is 12.2 Å². The van der Waals surface area contributed by atoms with E-state index in [1.54, 1.807) is 17.5 Å². The van der Waals surface area contributed by atoms with Crippen molar-refractivity contribution in [1.29, 1.82) is 0 Å². The first kappa shape index (κ1) is 18.1. The molecule has 26 heavy (non-hydrogen) atoms. The number of alkyl halides is 3. The third-order valence-corrected chi connectivity index (χ3v) is 4.52. The second-order valence-corrected chi connectivity index (χ2v) is 6.32. The fourth-order valence-electron chi connectivity index (χ4n) is 2.39. The Morgan fingerprint density at radius 3 is 2.38 bits per heavy atom. The summed E-state index contributed by atoms with van der Waals surface area (Å²) in [5.74, 6) is -1.13. The Bertz CT molecular complexity index is 892. The summed E-state index contributed by atoms with van der Waals surface area (Å²) >= 11 is 1.20. The molecule has 0 bridgehead atoms. The molecule has 134 valence electrons. The van der Waals surface area contributed by atoms with Gasteiger partial charge in [-0.15, -0.1) is 11.3 Å². The van der Waals surface area contributed by atoms with Crippen LogP contribution in [0, 0.1) is 5.82 Å². The van der Waals surface area contributed by atoms with Crippen molar-refractivity contribution in [3.63, 3.8) is 0 Å². The van der Waals surface area contributed by atoms with Gasteiger partial charge in [-0.1, -0.05) is 18.2 Å². The van der Waals surface area contributed by atoms with E-state index in [2.05, 4.69) is 10.3 Å². The second kappa shape index (κ2) is 7.25. The lowest BCUT2D eigenvalue weighted by Crippen LogP contribution is -2.30. The Hall–Kier alpha value is -2.74. The molecule has 1 N–H and O–H groups in total. The van der Waals surface area contributed by atoms with Gasteiger partial charge in [-0.05, 0) is 41.3 Å². The first-order valence-electron chi connectivity index (χ1n) is 7.48. The molecule has 0 spiro atoms. The zero-order valence-electron chi connectivity index (χ0n) is 13.1. The van der Waals surface area contributed by atoms with Crippen molar-refractivity contribution in [2.24, 2.45) is 0 Å². The molecular weight excluding hydrogens is 368 g/mol. The molecule has 0 saturated carbocycles. The highest BCUT2D eigenvalue weighted by Crippen LogP contribution is 2.31. The van der Waals surface area contributed by atoms with E-state index in [1.807, 2.05) is 0 Å². The van der Waals surface area contributed by atoms with Gasteiger partial charge >= 0.3 is 6.18 Å². The van der Waals surface area contributed by atoms with Crippen LogP contribution in [0.3, 0.4) is 0 Å². The van der Waals surface area contributed by atoms with Gasteiger partial charge in [-0.25, -0.2) is 4.39 Å². The molecule has 2 aromatic heterocycles. The summed E-state index contributed by atoms with van der Waals surface area (Å²) in [4.78, 5) is 16.7. The van der Waals surface area contributed by atoms with Crippen LogP contribution in [0.2, 0.25) is 0 Å². The number of pyridine rings is 1. The van der Waals surface area contributed by atoms with Crippen LogP contribution in [0.1, 0.15) is 32.5 Å². The molecule has 1 aromatic carbocycles. The van der Waals surface area contributed by atoms with Crippen molar-refractivity contribution in [3.8, 4) is 0 Å². The summed E-state index contributed by atoms with van der Waals surface area (Å²) in [5.41, 5.74) is -0.608. The van der Waals surface area contributed by atoms with Gasteiger partial charge in [0.1, 0.15) is 11.5 Å². The number of rotatable bonds is 4. The van der Waals surface area contributed by atoms with E-state index >= 15 is 0 Å². The maximum absolute atomic E-state index is 14.2. The van der Waals surface area contributed by atoms with Crippen LogP contribution in [0.4, 0.5) is 17.6 Å². The number of aromatic nitrogens is 1. The average molecular weight is 380 g/mol. The minimum Gasteiger partial charge on any atom is -0.339 e. The summed E-state index contributed by atoms with van der Waals surface area (Å²) in [6.07, 6.45) is -3.13. The summed E-state index contributed by atoms with van der Waals surface area (Å²) in [6.45, 7) is 0. The Morgan fingerprint density at radius 1 is 1.08 bits per heavy atom. The van der Waals surface area contributed by atoms with Gasteiger partial charge in [0.05, 0.1) is 16.5 Å². The molecule has 2 heterocycles. The van der Waals surface area contributed by atoms with Gasteiger partial charge in [0.2, 0.25) is 0 Å².